The normalized spacial score (nSPS) is 17.4. The number of carbonyl (C=O) groups is 2. The summed E-state index contributed by atoms with van der Waals surface area (Å²) in [6.45, 7) is 0. The molecule has 1 aliphatic carbocycles. The molecule has 1 fully saturated rings. The first-order chi connectivity index (χ1) is 9.59. The predicted molar refractivity (Wildman–Crippen MR) is 78.5 cm³/mol. The number of nitrogens with one attached hydrogen (secondary N) is 1. The fourth-order valence-electron chi connectivity index (χ4n) is 2.75. The molecule has 0 radical (unpaired) electrons. The van der Waals surface area contributed by atoms with E-state index in [1.807, 2.05) is 0 Å². The van der Waals surface area contributed by atoms with Crippen molar-refractivity contribution in [3.8, 4) is 0 Å². The number of hydrogen-bond donors (Lipinski definition) is 2. The van der Waals surface area contributed by atoms with Crippen molar-refractivity contribution in [2.45, 2.75) is 38.1 Å². The molecule has 4 nitrogen and oxygen atoms in total. The van der Waals surface area contributed by atoms with Crippen LogP contribution in [0.3, 0.4) is 0 Å². The van der Waals surface area contributed by atoms with Crippen molar-refractivity contribution >= 4 is 23.4 Å². The van der Waals surface area contributed by atoms with Gasteiger partial charge in [-0.3, -0.25) is 9.59 Å². The lowest BCUT2D eigenvalue weighted by Gasteiger charge is -2.28. The van der Waals surface area contributed by atoms with Crippen molar-refractivity contribution < 1.29 is 9.59 Å². The summed E-state index contributed by atoms with van der Waals surface area (Å²) in [7, 11) is 0. The van der Waals surface area contributed by atoms with Crippen LogP contribution in [-0.4, -0.2) is 17.9 Å². The van der Waals surface area contributed by atoms with Gasteiger partial charge in [-0.15, -0.1) is 0 Å². The molecule has 0 aromatic heterocycles. The standard InChI is InChI=1S/C15H19ClN2O2/c16-12-9-5-4-8-11(12)15(20)18-13(14(17)19)10-6-2-1-3-7-10/h4-5,8-10,13H,1-3,6-7H2,(H2,17,19)(H,18,20)/t13-/m1/s1. The molecule has 0 aliphatic heterocycles. The molecule has 108 valence electrons. The van der Waals surface area contributed by atoms with Crippen molar-refractivity contribution in [3.63, 3.8) is 0 Å². The summed E-state index contributed by atoms with van der Waals surface area (Å²) in [6, 6.07) is 6.17. The monoisotopic (exact) mass is 294 g/mol. The van der Waals surface area contributed by atoms with Gasteiger partial charge in [0.2, 0.25) is 5.91 Å². The summed E-state index contributed by atoms with van der Waals surface area (Å²) in [5.74, 6) is -0.685. The Morgan fingerprint density at radius 3 is 2.45 bits per heavy atom. The largest absolute Gasteiger partial charge is 0.368 e. The highest BCUT2D eigenvalue weighted by molar-refractivity contribution is 6.33. The molecule has 0 heterocycles. The summed E-state index contributed by atoms with van der Waals surface area (Å²) in [5.41, 5.74) is 5.82. The maximum Gasteiger partial charge on any atom is 0.253 e. The first-order valence-corrected chi connectivity index (χ1v) is 7.32. The molecule has 5 heteroatoms. The van der Waals surface area contributed by atoms with Crippen LogP contribution < -0.4 is 11.1 Å². The Morgan fingerprint density at radius 1 is 1.20 bits per heavy atom. The van der Waals surface area contributed by atoms with E-state index in [9.17, 15) is 9.59 Å². The van der Waals surface area contributed by atoms with Crippen LogP contribution in [0.25, 0.3) is 0 Å². The van der Waals surface area contributed by atoms with E-state index in [4.69, 9.17) is 17.3 Å². The van der Waals surface area contributed by atoms with Crippen molar-refractivity contribution in [1.29, 1.82) is 0 Å². The average Bonchev–Trinajstić information content (AvgIpc) is 2.45. The second kappa shape index (κ2) is 6.75. The van der Waals surface area contributed by atoms with Crippen LogP contribution in [0.15, 0.2) is 24.3 Å². The Hall–Kier alpha value is -1.55. The Labute approximate surface area is 123 Å². The second-order valence-electron chi connectivity index (χ2n) is 5.23. The minimum atomic E-state index is -0.612. The van der Waals surface area contributed by atoms with Crippen molar-refractivity contribution in [3.05, 3.63) is 34.9 Å². The van der Waals surface area contributed by atoms with Crippen molar-refractivity contribution in [2.24, 2.45) is 11.7 Å². The molecule has 1 aliphatic rings. The molecular weight excluding hydrogens is 276 g/mol. The van der Waals surface area contributed by atoms with Gasteiger partial charge in [0.15, 0.2) is 0 Å². The molecule has 1 aromatic carbocycles. The number of hydrogen-bond acceptors (Lipinski definition) is 2. The molecular formula is C15H19ClN2O2. The minimum Gasteiger partial charge on any atom is -0.368 e. The van der Waals surface area contributed by atoms with E-state index in [1.54, 1.807) is 24.3 Å². The highest BCUT2D eigenvalue weighted by atomic mass is 35.5. The molecule has 0 saturated heterocycles. The first kappa shape index (κ1) is 14.9. The third kappa shape index (κ3) is 3.51. The molecule has 0 spiro atoms. The van der Waals surface area contributed by atoms with E-state index < -0.39 is 11.9 Å². The van der Waals surface area contributed by atoms with Gasteiger partial charge in [-0.25, -0.2) is 0 Å². The van der Waals surface area contributed by atoms with E-state index in [0.717, 1.165) is 25.7 Å². The van der Waals surface area contributed by atoms with Gasteiger partial charge in [0.1, 0.15) is 6.04 Å². The van der Waals surface area contributed by atoms with Crippen LogP contribution >= 0.6 is 11.6 Å². The Kier molecular flexibility index (Phi) is 5.01. The fraction of sp³-hybridized carbons (Fsp3) is 0.467. The third-order valence-electron chi connectivity index (χ3n) is 3.83. The van der Waals surface area contributed by atoms with E-state index >= 15 is 0 Å². The number of carbonyl (C=O) groups excluding carboxylic acids is 2. The Balaban J connectivity index is 2.10. The number of primary amides is 1. The summed E-state index contributed by atoms with van der Waals surface area (Å²) >= 11 is 5.99. The first-order valence-electron chi connectivity index (χ1n) is 6.94. The van der Waals surface area contributed by atoms with Gasteiger partial charge < -0.3 is 11.1 Å². The second-order valence-corrected chi connectivity index (χ2v) is 5.64. The lowest BCUT2D eigenvalue weighted by Crippen LogP contribution is -2.49. The van der Waals surface area contributed by atoms with E-state index in [2.05, 4.69) is 5.32 Å². The topological polar surface area (TPSA) is 72.2 Å². The predicted octanol–water partition coefficient (Wildman–Crippen LogP) is 2.50. The summed E-state index contributed by atoms with van der Waals surface area (Å²) < 4.78 is 0. The van der Waals surface area contributed by atoms with Crippen LogP contribution in [0.4, 0.5) is 0 Å². The van der Waals surface area contributed by atoms with Gasteiger partial charge in [-0.05, 0) is 30.9 Å². The maximum atomic E-state index is 12.2. The summed E-state index contributed by atoms with van der Waals surface area (Å²) in [6.07, 6.45) is 5.19. The Morgan fingerprint density at radius 2 is 1.85 bits per heavy atom. The number of nitrogens with two attached hydrogens (primary N) is 1. The smallest absolute Gasteiger partial charge is 0.253 e. The van der Waals surface area contributed by atoms with Gasteiger partial charge in [-0.2, -0.15) is 0 Å². The highest BCUT2D eigenvalue weighted by Gasteiger charge is 2.29. The number of halogens is 1. The number of benzene rings is 1. The third-order valence-corrected chi connectivity index (χ3v) is 4.16. The van der Waals surface area contributed by atoms with E-state index in [0.29, 0.717) is 10.6 Å². The highest BCUT2D eigenvalue weighted by Crippen LogP contribution is 2.27. The van der Waals surface area contributed by atoms with Gasteiger partial charge in [0.25, 0.3) is 5.91 Å². The number of rotatable bonds is 4. The molecule has 0 bridgehead atoms. The Bertz CT molecular complexity index is 498. The molecule has 1 saturated carbocycles. The van der Waals surface area contributed by atoms with Gasteiger partial charge in [0, 0.05) is 0 Å². The van der Waals surface area contributed by atoms with Crippen LogP contribution in [0.2, 0.25) is 5.02 Å². The SMILES string of the molecule is NC(=O)[C@H](NC(=O)c1ccccc1Cl)C1CCCCC1. The van der Waals surface area contributed by atoms with Gasteiger partial charge in [0.05, 0.1) is 10.6 Å². The van der Waals surface area contributed by atoms with Gasteiger partial charge in [-0.1, -0.05) is 43.0 Å². The quantitative estimate of drug-likeness (QED) is 0.895. The number of amides is 2. The van der Waals surface area contributed by atoms with Crippen LogP contribution in [0.5, 0.6) is 0 Å². The van der Waals surface area contributed by atoms with Gasteiger partial charge >= 0.3 is 0 Å². The summed E-state index contributed by atoms with van der Waals surface area (Å²) in [4.78, 5) is 23.8. The van der Waals surface area contributed by atoms with Crippen LogP contribution in [0.1, 0.15) is 42.5 Å². The molecule has 0 unspecified atom stereocenters. The van der Waals surface area contributed by atoms with Crippen molar-refractivity contribution in [2.75, 3.05) is 0 Å². The fourth-order valence-corrected chi connectivity index (χ4v) is 2.97. The van der Waals surface area contributed by atoms with E-state index in [1.165, 1.54) is 6.42 Å². The van der Waals surface area contributed by atoms with Crippen LogP contribution in [0, 0.1) is 5.92 Å². The maximum absolute atomic E-state index is 12.2. The molecule has 2 amide bonds. The molecule has 1 atom stereocenters. The van der Waals surface area contributed by atoms with E-state index in [-0.39, 0.29) is 11.8 Å². The summed E-state index contributed by atoms with van der Waals surface area (Å²) in [5, 5.41) is 3.12. The zero-order valence-corrected chi connectivity index (χ0v) is 12.0. The molecule has 20 heavy (non-hydrogen) atoms. The zero-order valence-electron chi connectivity index (χ0n) is 11.3. The molecule has 1 aromatic rings. The minimum absolute atomic E-state index is 0.132. The molecule has 2 rings (SSSR count). The molecule has 3 N–H and O–H groups in total. The zero-order chi connectivity index (χ0) is 14.5. The lowest BCUT2D eigenvalue weighted by atomic mass is 9.83. The average molecular weight is 295 g/mol. The van der Waals surface area contributed by atoms with Crippen molar-refractivity contribution in [1.82, 2.24) is 5.32 Å². The van der Waals surface area contributed by atoms with Crippen LogP contribution in [-0.2, 0) is 4.79 Å². The lowest BCUT2D eigenvalue weighted by molar-refractivity contribution is -0.121.